The van der Waals surface area contributed by atoms with Gasteiger partial charge in [-0.05, 0) is 5.56 Å². The summed E-state index contributed by atoms with van der Waals surface area (Å²) in [5, 5.41) is 21.5. The number of hydrogen-bond acceptors (Lipinski definition) is 10. The number of benzene rings is 1. The standard InChI is InChI=1S/C16H14N8O2S2/c25-11(6-7-12-20-14(24-26-12)13-17-9-18-21-13)19-15-22-23-16(28-15)27-8-10-4-2-1-3-5-10/h1-5,9H,6-8H2,(H,17,18,21)(H,19,22,25). The van der Waals surface area contributed by atoms with Gasteiger partial charge in [0.05, 0.1) is 0 Å². The molecule has 12 heteroatoms. The summed E-state index contributed by atoms with van der Waals surface area (Å²) in [5.41, 5.74) is 1.21. The Morgan fingerprint density at radius 2 is 2.14 bits per heavy atom. The Morgan fingerprint density at radius 1 is 1.25 bits per heavy atom. The van der Waals surface area contributed by atoms with Gasteiger partial charge in [0.2, 0.25) is 22.8 Å². The topological polar surface area (TPSA) is 135 Å². The summed E-state index contributed by atoms with van der Waals surface area (Å²) >= 11 is 2.92. The van der Waals surface area contributed by atoms with Gasteiger partial charge in [0, 0.05) is 18.6 Å². The molecule has 2 N–H and O–H groups in total. The second-order valence-corrected chi connectivity index (χ2v) is 7.74. The van der Waals surface area contributed by atoms with E-state index in [-0.39, 0.29) is 12.3 Å². The molecule has 1 aromatic carbocycles. The summed E-state index contributed by atoms with van der Waals surface area (Å²) in [6, 6.07) is 10.1. The maximum atomic E-state index is 12.1. The zero-order valence-electron chi connectivity index (χ0n) is 14.4. The van der Waals surface area contributed by atoms with Crippen molar-refractivity contribution in [2.45, 2.75) is 22.9 Å². The summed E-state index contributed by atoms with van der Waals surface area (Å²) in [4.78, 5) is 20.2. The predicted molar refractivity (Wildman–Crippen MR) is 103 cm³/mol. The summed E-state index contributed by atoms with van der Waals surface area (Å²) in [5.74, 6) is 1.66. The molecule has 0 aliphatic carbocycles. The molecular weight excluding hydrogens is 400 g/mol. The lowest BCUT2D eigenvalue weighted by Gasteiger charge is -1.98. The van der Waals surface area contributed by atoms with Gasteiger partial charge in [0.1, 0.15) is 6.33 Å². The molecule has 3 heterocycles. The van der Waals surface area contributed by atoms with Crippen LogP contribution in [0, 0.1) is 0 Å². The van der Waals surface area contributed by atoms with Gasteiger partial charge >= 0.3 is 0 Å². The number of hydrogen-bond donors (Lipinski definition) is 2. The van der Waals surface area contributed by atoms with Crippen LogP contribution in [0.15, 0.2) is 45.5 Å². The van der Waals surface area contributed by atoms with Crippen molar-refractivity contribution in [2.75, 3.05) is 5.32 Å². The van der Waals surface area contributed by atoms with Crippen LogP contribution in [0.3, 0.4) is 0 Å². The molecule has 0 radical (unpaired) electrons. The Morgan fingerprint density at radius 3 is 2.96 bits per heavy atom. The summed E-state index contributed by atoms with van der Waals surface area (Å²) in [6.45, 7) is 0. The first kappa shape index (κ1) is 18.3. The fourth-order valence-corrected chi connectivity index (χ4v) is 3.93. The first-order valence-electron chi connectivity index (χ1n) is 8.24. The molecule has 3 aromatic heterocycles. The molecule has 28 heavy (non-hydrogen) atoms. The number of aryl methyl sites for hydroxylation is 1. The molecule has 0 aliphatic rings. The average molecular weight is 414 g/mol. The molecule has 4 aromatic rings. The fourth-order valence-electron chi connectivity index (χ4n) is 2.21. The smallest absolute Gasteiger partial charge is 0.239 e. The van der Waals surface area contributed by atoms with Gasteiger partial charge in [-0.1, -0.05) is 58.6 Å². The monoisotopic (exact) mass is 414 g/mol. The van der Waals surface area contributed by atoms with E-state index in [9.17, 15) is 4.79 Å². The Bertz CT molecular complexity index is 1030. The van der Waals surface area contributed by atoms with E-state index in [1.165, 1.54) is 23.2 Å². The second-order valence-electron chi connectivity index (χ2n) is 5.54. The van der Waals surface area contributed by atoms with Crippen LogP contribution in [0.25, 0.3) is 11.6 Å². The highest BCUT2D eigenvalue weighted by molar-refractivity contribution is 8.00. The number of H-pyrrole nitrogens is 1. The van der Waals surface area contributed by atoms with Crippen LogP contribution in [-0.4, -0.2) is 41.4 Å². The number of anilines is 1. The highest BCUT2D eigenvalue weighted by Crippen LogP contribution is 2.28. The molecule has 0 atom stereocenters. The normalized spacial score (nSPS) is 10.9. The molecule has 0 spiro atoms. The van der Waals surface area contributed by atoms with E-state index in [2.05, 4.69) is 53.0 Å². The second kappa shape index (κ2) is 8.71. The van der Waals surface area contributed by atoms with Gasteiger partial charge in [-0.25, -0.2) is 4.98 Å². The zero-order chi connectivity index (χ0) is 19.2. The van der Waals surface area contributed by atoms with Crippen molar-refractivity contribution in [3.8, 4) is 11.6 Å². The van der Waals surface area contributed by atoms with Gasteiger partial charge in [0.25, 0.3) is 0 Å². The van der Waals surface area contributed by atoms with Gasteiger partial charge < -0.3 is 9.84 Å². The van der Waals surface area contributed by atoms with Gasteiger partial charge in [-0.2, -0.15) is 10.1 Å². The van der Waals surface area contributed by atoms with Crippen molar-refractivity contribution in [3.63, 3.8) is 0 Å². The summed E-state index contributed by atoms with van der Waals surface area (Å²) < 4.78 is 5.91. The van der Waals surface area contributed by atoms with Crippen molar-refractivity contribution in [1.82, 2.24) is 35.5 Å². The highest BCUT2D eigenvalue weighted by Gasteiger charge is 2.14. The van der Waals surface area contributed by atoms with Crippen LogP contribution in [0.4, 0.5) is 5.13 Å². The van der Waals surface area contributed by atoms with Crippen LogP contribution in [0.1, 0.15) is 17.9 Å². The number of aromatic nitrogens is 7. The van der Waals surface area contributed by atoms with E-state index < -0.39 is 0 Å². The molecule has 1 amide bonds. The number of thioether (sulfide) groups is 1. The van der Waals surface area contributed by atoms with Crippen molar-refractivity contribution in [3.05, 3.63) is 48.1 Å². The minimum atomic E-state index is -0.199. The number of aromatic amines is 1. The van der Waals surface area contributed by atoms with E-state index in [1.807, 2.05) is 18.2 Å². The molecule has 0 saturated carbocycles. The number of amides is 1. The minimum Gasteiger partial charge on any atom is -0.339 e. The Hall–Kier alpha value is -3.12. The van der Waals surface area contributed by atoms with Crippen LogP contribution < -0.4 is 5.32 Å². The molecule has 0 bridgehead atoms. The fraction of sp³-hybridized carbons (Fsp3) is 0.188. The molecule has 10 nitrogen and oxygen atoms in total. The van der Waals surface area contributed by atoms with Crippen molar-refractivity contribution >= 4 is 34.1 Å². The highest BCUT2D eigenvalue weighted by atomic mass is 32.2. The maximum absolute atomic E-state index is 12.1. The maximum Gasteiger partial charge on any atom is 0.239 e. The third-order valence-corrected chi connectivity index (χ3v) is 5.56. The van der Waals surface area contributed by atoms with E-state index in [0.717, 1.165) is 10.1 Å². The van der Waals surface area contributed by atoms with E-state index in [4.69, 9.17) is 4.52 Å². The predicted octanol–water partition coefficient (Wildman–Crippen LogP) is 2.57. The number of nitrogens with zero attached hydrogens (tertiary/aromatic N) is 6. The van der Waals surface area contributed by atoms with E-state index in [1.54, 1.807) is 11.8 Å². The molecule has 0 fully saturated rings. The minimum absolute atomic E-state index is 0.185. The van der Waals surface area contributed by atoms with Crippen molar-refractivity contribution in [2.24, 2.45) is 0 Å². The largest absolute Gasteiger partial charge is 0.339 e. The Kier molecular flexibility index (Phi) is 5.68. The average Bonchev–Trinajstić information content (AvgIpc) is 3.47. The van der Waals surface area contributed by atoms with Gasteiger partial charge in [-0.15, -0.1) is 10.2 Å². The molecule has 0 aliphatic heterocycles. The van der Waals surface area contributed by atoms with Crippen LogP contribution in [0.2, 0.25) is 0 Å². The first-order valence-corrected chi connectivity index (χ1v) is 10.0. The molecule has 0 unspecified atom stereocenters. The van der Waals surface area contributed by atoms with Crippen LogP contribution in [-0.2, 0) is 17.0 Å². The lowest BCUT2D eigenvalue weighted by Crippen LogP contribution is -2.12. The Balaban J connectivity index is 1.24. The third-order valence-electron chi connectivity index (χ3n) is 3.52. The number of nitrogens with one attached hydrogen (secondary N) is 2. The SMILES string of the molecule is O=C(CCc1nc(-c2ncn[nH]2)no1)Nc1nnc(SCc2ccccc2)s1. The summed E-state index contributed by atoms with van der Waals surface area (Å²) in [6.07, 6.45) is 1.85. The van der Waals surface area contributed by atoms with E-state index >= 15 is 0 Å². The number of carbonyl (C=O) groups is 1. The van der Waals surface area contributed by atoms with Crippen LogP contribution >= 0.6 is 23.1 Å². The van der Waals surface area contributed by atoms with Crippen molar-refractivity contribution in [1.29, 1.82) is 0 Å². The molecule has 142 valence electrons. The lowest BCUT2D eigenvalue weighted by atomic mass is 10.2. The van der Waals surface area contributed by atoms with E-state index in [0.29, 0.717) is 29.1 Å². The van der Waals surface area contributed by atoms with Crippen molar-refractivity contribution < 1.29 is 9.32 Å². The Labute approximate surface area is 167 Å². The van der Waals surface area contributed by atoms with Crippen LogP contribution in [0.5, 0.6) is 0 Å². The first-order chi connectivity index (χ1) is 13.8. The zero-order valence-corrected chi connectivity index (χ0v) is 16.0. The quantitative estimate of drug-likeness (QED) is 0.329. The van der Waals surface area contributed by atoms with Gasteiger partial charge in [-0.3, -0.25) is 9.89 Å². The molecular formula is C16H14N8O2S2. The van der Waals surface area contributed by atoms with Gasteiger partial charge in [0.15, 0.2) is 10.2 Å². The number of carbonyl (C=O) groups excluding carboxylic acids is 1. The lowest BCUT2D eigenvalue weighted by molar-refractivity contribution is -0.116. The summed E-state index contributed by atoms with van der Waals surface area (Å²) in [7, 11) is 0. The third kappa shape index (κ3) is 4.78. The molecule has 4 rings (SSSR count). The number of rotatable bonds is 8. The molecule has 0 saturated heterocycles.